The van der Waals surface area contributed by atoms with Gasteiger partial charge in [-0.05, 0) is 41.1 Å². The predicted octanol–water partition coefficient (Wildman–Crippen LogP) is 3.61. The van der Waals surface area contributed by atoms with Crippen molar-refractivity contribution in [2.75, 3.05) is 0 Å². The van der Waals surface area contributed by atoms with Crippen LogP contribution in [-0.2, 0) is 24.4 Å². The minimum atomic E-state index is -0.983. The van der Waals surface area contributed by atoms with E-state index in [-0.39, 0.29) is 42.4 Å². The van der Waals surface area contributed by atoms with Crippen LogP contribution in [0.1, 0.15) is 44.1 Å². The topological polar surface area (TPSA) is 122 Å². The number of carbonyl (C=O) groups excluding carboxylic acids is 1. The van der Waals surface area contributed by atoms with Gasteiger partial charge in [-0.15, -0.1) is 11.3 Å². The zero-order chi connectivity index (χ0) is 22.5. The number of aryl methyl sites for hydroxylation is 1. The van der Waals surface area contributed by atoms with Crippen molar-refractivity contribution in [2.45, 2.75) is 26.1 Å². The van der Waals surface area contributed by atoms with Crippen LogP contribution in [0.3, 0.4) is 0 Å². The summed E-state index contributed by atoms with van der Waals surface area (Å²) in [6, 6.07) is 10.1. The minimum absolute atomic E-state index is 0.0548. The number of rotatable bonds is 9. The van der Waals surface area contributed by atoms with Gasteiger partial charge in [0, 0.05) is 24.4 Å². The number of carboxylic acids is 1. The predicted molar refractivity (Wildman–Crippen MR) is 119 cm³/mol. The second kappa shape index (κ2) is 9.63. The second-order valence-corrected chi connectivity index (χ2v) is 7.99. The number of carboxylic acid groups (broad SMARTS) is 1. The van der Waals surface area contributed by atoms with E-state index in [0.717, 1.165) is 11.1 Å². The molecule has 0 amide bonds. The summed E-state index contributed by atoms with van der Waals surface area (Å²) in [4.78, 5) is 47.5. The van der Waals surface area contributed by atoms with Gasteiger partial charge in [0.15, 0.2) is 11.6 Å². The number of Topliss-reactive ketones (excluding diaryl/α,β-unsaturated/α-hetero) is 1. The fourth-order valence-electron chi connectivity index (χ4n) is 3.19. The van der Waals surface area contributed by atoms with Gasteiger partial charge >= 0.3 is 5.97 Å². The number of aromatic nitrogens is 3. The molecule has 0 fully saturated rings. The van der Waals surface area contributed by atoms with Crippen molar-refractivity contribution < 1.29 is 19.4 Å². The molecule has 0 spiro atoms. The summed E-state index contributed by atoms with van der Waals surface area (Å²) in [5, 5.41) is 11.2. The Kier molecular flexibility index (Phi) is 6.48. The van der Waals surface area contributed by atoms with Crippen molar-refractivity contribution in [2.24, 2.45) is 0 Å². The number of pyridine rings is 1. The van der Waals surface area contributed by atoms with E-state index < -0.39 is 5.97 Å². The molecule has 0 aliphatic heterocycles. The smallest absolute Gasteiger partial charge is 0.335 e. The Bertz CT molecular complexity index is 1310. The van der Waals surface area contributed by atoms with E-state index >= 15 is 0 Å². The number of aromatic carboxylic acids is 1. The van der Waals surface area contributed by atoms with Gasteiger partial charge in [0.25, 0.3) is 5.56 Å². The molecule has 0 radical (unpaired) electrons. The first-order chi connectivity index (χ1) is 15.5. The average molecular weight is 449 g/mol. The molecule has 9 heteroatoms. The molecule has 0 saturated heterocycles. The van der Waals surface area contributed by atoms with E-state index in [2.05, 4.69) is 15.0 Å². The van der Waals surface area contributed by atoms with Crippen LogP contribution in [0.25, 0.3) is 10.2 Å². The number of thiophene rings is 1. The molecule has 0 atom stereocenters. The summed E-state index contributed by atoms with van der Waals surface area (Å²) in [6.45, 7) is 0.466. The van der Waals surface area contributed by atoms with E-state index in [1.807, 2.05) is 12.1 Å². The van der Waals surface area contributed by atoms with Crippen molar-refractivity contribution >= 4 is 33.3 Å². The van der Waals surface area contributed by atoms with Gasteiger partial charge in [0.2, 0.25) is 0 Å². The molecular formula is C23H19N3O5S. The van der Waals surface area contributed by atoms with Crippen LogP contribution in [0.15, 0.2) is 59.0 Å². The maximum atomic E-state index is 12.6. The Morgan fingerprint density at radius 2 is 1.91 bits per heavy atom. The van der Waals surface area contributed by atoms with Gasteiger partial charge < -0.3 is 14.8 Å². The Hall–Kier alpha value is -3.69. The van der Waals surface area contributed by atoms with Gasteiger partial charge in [0.05, 0.1) is 24.2 Å². The van der Waals surface area contributed by atoms with E-state index in [4.69, 9.17) is 9.84 Å². The van der Waals surface area contributed by atoms with Crippen molar-refractivity contribution in [3.05, 3.63) is 92.6 Å². The summed E-state index contributed by atoms with van der Waals surface area (Å²) in [5.74, 6) is -1.16. The molecule has 0 aliphatic rings. The number of carbonyl (C=O) groups is 2. The third kappa shape index (κ3) is 4.96. The number of fused-ring (bicyclic) bond motifs is 1. The zero-order valence-electron chi connectivity index (χ0n) is 16.9. The first kappa shape index (κ1) is 21.5. The molecule has 0 bridgehead atoms. The molecule has 4 aromatic rings. The summed E-state index contributed by atoms with van der Waals surface area (Å²) < 4.78 is 5.70. The number of H-pyrrole nitrogens is 1. The lowest BCUT2D eigenvalue weighted by Crippen LogP contribution is -2.16. The second-order valence-electron chi connectivity index (χ2n) is 7.13. The highest BCUT2D eigenvalue weighted by Gasteiger charge is 2.16. The molecular weight excluding hydrogens is 430 g/mol. The van der Waals surface area contributed by atoms with Crippen LogP contribution in [0.2, 0.25) is 0 Å². The highest BCUT2D eigenvalue weighted by atomic mass is 32.1. The highest BCUT2D eigenvalue weighted by molar-refractivity contribution is 7.16. The van der Waals surface area contributed by atoms with E-state index in [9.17, 15) is 14.4 Å². The van der Waals surface area contributed by atoms with Gasteiger partial charge in [-0.25, -0.2) is 9.78 Å². The number of nitrogens with zero attached hydrogens (tertiary/aromatic N) is 2. The van der Waals surface area contributed by atoms with Crippen molar-refractivity contribution in [1.29, 1.82) is 0 Å². The lowest BCUT2D eigenvalue weighted by Gasteiger charge is -2.05. The molecule has 1 aromatic carbocycles. The molecule has 8 nitrogen and oxygen atoms in total. The summed E-state index contributed by atoms with van der Waals surface area (Å²) in [7, 11) is 0. The van der Waals surface area contributed by atoms with E-state index in [1.54, 1.807) is 29.9 Å². The normalized spacial score (nSPS) is 11.0. The molecule has 3 aromatic heterocycles. The van der Waals surface area contributed by atoms with E-state index in [1.165, 1.54) is 23.5 Å². The van der Waals surface area contributed by atoms with Crippen LogP contribution in [0.4, 0.5) is 0 Å². The number of aromatic amines is 1. The van der Waals surface area contributed by atoms with Crippen LogP contribution in [0, 0.1) is 0 Å². The largest absolute Gasteiger partial charge is 0.478 e. The van der Waals surface area contributed by atoms with Crippen molar-refractivity contribution in [1.82, 2.24) is 15.0 Å². The Morgan fingerprint density at radius 1 is 1.09 bits per heavy atom. The number of nitrogens with one attached hydrogen (secondary N) is 1. The SMILES string of the molecule is O=C(O)c1ccc(COCc2csc3nc(C(=O)CCc4cccnc4)[nH]c(=O)c23)cc1. The third-order valence-electron chi connectivity index (χ3n) is 4.87. The lowest BCUT2D eigenvalue weighted by molar-refractivity contribution is 0.0696. The fourth-order valence-corrected chi connectivity index (χ4v) is 4.12. The molecule has 162 valence electrons. The van der Waals surface area contributed by atoms with Gasteiger partial charge in [0.1, 0.15) is 4.83 Å². The quantitative estimate of drug-likeness (QED) is 0.374. The average Bonchev–Trinajstić information content (AvgIpc) is 3.22. The van der Waals surface area contributed by atoms with Crippen LogP contribution < -0.4 is 5.56 Å². The summed E-state index contributed by atoms with van der Waals surface area (Å²) >= 11 is 1.29. The Labute approximate surface area is 186 Å². The molecule has 3 heterocycles. The van der Waals surface area contributed by atoms with Crippen LogP contribution >= 0.6 is 11.3 Å². The summed E-state index contributed by atoms with van der Waals surface area (Å²) in [5.41, 5.74) is 2.29. The maximum Gasteiger partial charge on any atom is 0.335 e. The lowest BCUT2D eigenvalue weighted by atomic mass is 10.1. The molecule has 0 saturated carbocycles. The van der Waals surface area contributed by atoms with E-state index in [0.29, 0.717) is 22.2 Å². The zero-order valence-corrected chi connectivity index (χ0v) is 17.7. The number of ether oxygens (including phenoxy) is 1. The maximum absolute atomic E-state index is 12.6. The first-order valence-electron chi connectivity index (χ1n) is 9.84. The molecule has 0 aliphatic carbocycles. The molecule has 32 heavy (non-hydrogen) atoms. The first-order valence-corrected chi connectivity index (χ1v) is 10.7. The highest BCUT2D eigenvalue weighted by Crippen LogP contribution is 2.22. The Morgan fingerprint density at radius 3 is 2.62 bits per heavy atom. The fraction of sp³-hybridized carbons (Fsp3) is 0.174. The number of hydrogen-bond acceptors (Lipinski definition) is 7. The third-order valence-corrected chi connectivity index (χ3v) is 5.80. The molecule has 0 unspecified atom stereocenters. The van der Waals surface area contributed by atoms with Gasteiger partial charge in [-0.1, -0.05) is 18.2 Å². The standard InChI is InChI=1S/C23H19N3O5S/c27-18(8-5-14-2-1-9-24-10-14)20-25-21(28)19-17(13-32-22(19)26-20)12-31-11-15-3-6-16(7-4-15)23(29)30/h1-4,6-7,9-10,13H,5,8,11-12H2,(H,29,30)(H,25,26,28). The van der Waals surface area contributed by atoms with Gasteiger partial charge in [-0.2, -0.15) is 0 Å². The summed E-state index contributed by atoms with van der Waals surface area (Å²) in [6.07, 6.45) is 4.12. The monoisotopic (exact) mass is 449 g/mol. The number of ketones is 1. The van der Waals surface area contributed by atoms with Crippen LogP contribution in [-0.4, -0.2) is 31.8 Å². The Balaban J connectivity index is 1.41. The van der Waals surface area contributed by atoms with Gasteiger partial charge in [-0.3, -0.25) is 14.6 Å². The molecule has 4 rings (SSSR count). The molecule has 2 N–H and O–H groups in total. The number of hydrogen-bond donors (Lipinski definition) is 2. The van der Waals surface area contributed by atoms with Crippen LogP contribution in [0.5, 0.6) is 0 Å². The minimum Gasteiger partial charge on any atom is -0.478 e. The number of benzene rings is 1. The van der Waals surface area contributed by atoms with Crippen molar-refractivity contribution in [3.63, 3.8) is 0 Å². The van der Waals surface area contributed by atoms with Crippen molar-refractivity contribution in [3.8, 4) is 0 Å².